The molecule has 1 aliphatic heterocycles. The summed E-state index contributed by atoms with van der Waals surface area (Å²) in [5.74, 6) is 0.0891. The number of carbonyl (C=O) groups is 1. The van der Waals surface area contributed by atoms with Crippen LogP contribution in [0.15, 0.2) is 6.07 Å². The van der Waals surface area contributed by atoms with Gasteiger partial charge in [0.25, 0.3) is 5.91 Å². The zero-order valence-corrected chi connectivity index (χ0v) is 11.6. The Hall–Kier alpha value is -1.36. The molecule has 2 rings (SSSR count). The highest BCUT2D eigenvalue weighted by Gasteiger charge is 2.31. The quantitative estimate of drug-likeness (QED) is 0.845. The highest BCUT2D eigenvalue weighted by atomic mass is 16.2. The van der Waals surface area contributed by atoms with E-state index < -0.39 is 0 Å². The van der Waals surface area contributed by atoms with Crippen molar-refractivity contribution in [2.45, 2.75) is 39.3 Å². The molecule has 0 bridgehead atoms. The number of nitrogens with zero attached hydrogens (tertiary/aromatic N) is 3. The lowest BCUT2D eigenvalue weighted by molar-refractivity contribution is 0.0533. The Kier molecular flexibility index (Phi) is 3.71. The Morgan fingerprint density at radius 2 is 2.06 bits per heavy atom. The van der Waals surface area contributed by atoms with Gasteiger partial charge in [-0.2, -0.15) is 5.10 Å². The van der Waals surface area contributed by atoms with Gasteiger partial charge >= 0.3 is 0 Å². The number of hydrogen-bond acceptors (Lipinski definition) is 3. The molecule has 0 radical (unpaired) electrons. The normalized spacial score (nSPS) is 24.3. The number of hydrogen-bond donors (Lipinski definition) is 1. The second-order valence-corrected chi connectivity index (χ2v) is 5.07. The van der Waals surface area contributed by atoms with Crippen LogP contribution in [0.25, 0.3) is 0 Å². The summed E-state index contributed by atoms with van der Waals surface area (Å²) >= 11 is 0. The van der Waals surface area contributed by atoms with Gasteiger partial charge in [0, 0.05) is 32.2 Å². The van der Waals surface area contributed by atoms with Crippen LogP contribution >= 0.6 is 0 Å². The standard InChI is InChI=1S/C13H22N4O/c1-5-11-6-12(16(4)15-11)13(18)17-9(2)7-14-8-10(17)3/h6,9-10,14H,5,7-8H2,1-4H3. The molecule has 1 fully saturated rings. The summed E-state index contributed by atoms with van der Waals surface area (Å²) in [6.45, 7) is 7.92. The first kappa shape index (κ1) is 13.1. The van der Waals surface area contributed by atoms with E-state index in [9.17, 15) is 4.79 Å². The molecule has 2 heterocycles. The fourth-order valence-electron chi connectivity index (χ4n) is 2.56. The topological polar surface area (TPSA) is 50.2 Å². The van der Waals surface area contributed by atoms with Gasteiger partial charge < -0.3 is 10.2 Å². The smallest absolute Gasteiger partial charge is 0.272 e. The molecule has 5 nitrogen and oxygen atoms in total. The summed E-state index contributed by atoms with van der Waals surface area (Å²) in [4.78, 5) is 14.6. The molecule has 1 N–H and O–H groups in total. The van der Waals surface area contributed by atoms with Crippen LogP contribution in [0.4, 0.5) is 0 Å². The van der Waals surface area contributed by atoms with Gasteiger partial charge in [-0.15, -0.1) is 0 Å². The molecule has 1 amide bonds. The van der Waals surface area contributed by atoms with E-state index in [1.54, 1.807) is 4.68 Å². The van der Waals surface area contributed by atoms with E-state index in [0.29, 0.717) is 5.69 Å². The maximum atomic E-state index is 12.6. The second kappa shape index (κ2) is 5.10. The van der Waals surface area contributed by atoms with Gasteiger partial charge in [-0.1, -0.05) is 6.92 Å². The molecule has 1 saturated heterocycles. The number of aryl methyl sites for hydroxylation is 2. The molecule has 0 aliphatic carbocycles. The van der Waals surface area contributed by atoms with Gasteiger partial charge in [0.15, 0.2) is 0 Å². The third-order valence-electron chi connectivity index (χ3n) is 3.58. The van der Waals surface area contributed by atoms with Gasteiger partial charge in [-0.25, -0.2) is 0 Å². The van der Waals surface area contributed by atoms with Crippen molar-refractivity contribution in [2.24, 2.45) is 7.05 Å². The zero-order valence-electron chi connectivity index (χ0n) is 11.6. The molecule has 5 heteroatoms. The van der Waals surface area contributed by atoms with Gasteiger partial charge in [-0.3, -0.25) is 9.48 Å². The Morgan fingerprint density at radius 1 is 1.44 bits per heavy atom. The first-order chi connectivity index (χ1) is 8.54. The van der Waals surface area contributed by atoms with Crippen LogP contribution in [0.1, 0.15) is 37.0 Å². The van der Waals surface area contributed by atoms with E-state index in [0.717, 1.165) is 25.2 Å². The van der Waals surface area contributed by atoms with Gasteiger partial charge in [0.05, 0.1) is 5.69 Å². The summed E-state index contributed by atoms with van der Waals surface area (Å²) in [6, 6.07) is 2.35. The van der Waals surface area contributed by atoms with Crippen LogP contribution < -0.4 is 5.32 Å². The minimum absolute atomic E-state index is 0.0891. The average Bonchev–Trinajstić information content (AvgIpc) is 2.70. The Labute approximate surface area is 108 Å². The first-order valence-corrected chi connectivity index (χ1v) is 6.60. The summed E-state index contributed by atoms with van der Waals surface area (Å²) in [5.41, 5.74) is 1.66. The minimum Gasteiger partial charge on any atom is -0.329 e. The van der Waals surface area contributed by atoms with Crippen LogP contribution in [0, 0.1) is 0 Å². The lowest BCUT2D eigenvalue weighted by Gasteiger charge is -2.39. The average molecular weight is 250 g/mol. The molecule has 1 aliphatic rings. The van der Waals surface area contributed by atoms with E-state index in [4.69, 9.17) is 0 Å². The molecule has 2 atom stereocenters. The van der Waals surface area contributed by atoms with E-state index in [1.165, 1.54) is 0 Å². The highest BCUT2D eigenvalue weighted by molar-refractivity contribution is 5.93. The number of aromatic nitrogens is 2. The van der Waals surface area contributed by atoms with Crippen LogP contribution in [0.2, 0.25) is 0 Å². The van der Waals surface area contributed by atoms with Crippen molar-refractivity contribution in [3.05, 3.63) is 17.5 Å². The van der Waals surface area contributed by atoms with Crippen molar-refractivity contribution in [2.75, 3.05) is 13.1 Å². The monoisotopic (exact) mass is 250 g/mol. The molecule has 100 valence electrons. The molecule has 18 heavy (non-hydrogen) atoms. The van der Waals surface area contributed by atoms with Crippen LogP contribution in [-0.4, -0.2) is 45.8 Å². The van der Waals surface area contributed by atoms with Crippen LogP contribution in [0.3, 0.4) is 0 Å². The van der Waals surface area contributed by atoms with Crippen LogP contribution in [0.5, 0.6) is 0 Å². The lowest BCUT2D eigenvalue weighted by atomic mass is 10.1. The lowest BCUT2D eigenvalue weighted by Crippen LogP contribution is -2.57. The molecular weight excluding hydrogens is 228 g/mol. The Morgan fingerprint density at radius 3 is 2.56 bits per heavy atom. The molecule has 0 aromatic carbocycles. The molecule has 1 aromatic rings. The van der Waals surface area contributed by atoms with Gasteiger partial charge in [0.2, 0.25) is 0 Å². The number of amides is 1. The third-order valence-corrected chi connectivity index (χ3v) is 3.58. The summed E-state index contributed by atoms with van der Waals surface area (Å²) in [6.07, 6.45) is 0.855. The third kappa shape index (κ3) is 2.27. The van der Waals surface area contributed by atoms with Crippen molar-refractivity contribution in [1.29, 1.82) is 0 Å². The predicted molar refractivity (Wildman–Crippen MR) is 70.5 cm³/mol. The van der Waals surface area contributed by atoms with E-state index >= 15 is 0 Å². The van der Waals surface area contributed by atoms with Crippen LogP contribution in [-0.2, 0) is 13.5 Å². The number of carbonyl (C=O) groups excluding carboxylic acids is 1. The maximum absolute atomic E-state index is 12.6. The predicted octanol–water partition coefficient (Wildman–Crippen LogP) is 0.805. The van der Waals surface area contributed by atoms with Gasteiger partial charge in [-0.05, 0) is 26.3 Å². The fraction of sp³-hybridized carbons (Fsp3) is 0.692. The molecule has 0 spiro atoms. The molecule has 1 aromatic heterocycles. The molecular formula is C13H22N4O. The summed E-state index contributed by atoms with van der Waals surface area (Å²) in [7, 11) is 1.84. The minimum atomic E-state index is 0.0891. The van der Waals surface area contributed by atoms with Crippen molar-refractivity contribution >= 4 is 5.91 Å². The van der Waals surface area contributed by atoms with Crippen molar-refractivity contribution in [1.82, 2.24) is 20.0 Å². The largest absolute Gasteiger partial charge is 0.329 e. The molecule has 2 unspecified atom stereocenters. The zero-order chi connectivity index (χ0) is 13.3. The van der Waals surface area contributed by atoms with Crippen molar-refractivity contribution in [3.8, 4) is 0 Å². The fourth-order valence-corrected chi connectivity index (χ4v) is 2.56. The van der Waals surface area contributed by atoms with E-state index in [-0.39, 0.29) is 18.0 Å². The van der Waals surface area contributed by atoms with Crippen molar-refractivity contribution < 1.29 is 4.79 Å². The first-order valence-electron chi connectivity index (χ1n) is 6.60. The van der Waals surface area contributed by atoms with Gasteiger partial charge in [0.1, 0.15) is 5.69 Å². The van der Waals surface area contributed by atoms with Crippen molar-refractivity contribution in [3.63, 3.8) is 0 Å². The summed E-state index contributed by atoms with van der Waals surface area (Å²) in [5, 5.41) is 7.68. The number of rotatable bonds is 2. The Bertz CT molecular complexity index is 430. The maximum Gasteiger partial charge on any atom is 0.272 e. The molecule has 0 saturated carbocycles. The number of nitrogens with one attached hydrogen (secondary N) is 1. The summed E-state index contributed by atoms with van der Waals surface area (Å²) < 4.78 is 1.70. The van der Waals surface area contributed by atoms with E-state index in [2.05, 4.69) is 24.3 Å². The number of piperazine rings is 1. The SMILES string of the molecule is CCc1cc(C(=O)N2C(C)CNCC2C)n(C)n1. The van der Waals surface area contributed by atoms with E-state index in [1.807, 2.05) is 24.9 Å². The highest BCUT2D eigenvalue weighted by Crippen LogP contribution is 2.15. The second-order valence-electron chi connectivity index (χ2n) is 5.07. The Balaban J connectivity index is 2.26.